The third kappa shape index (κ3) is 3.41. The largest absolute Gasteiger partial charge is 0.496 e. The third-order valence-corrected chi connectivity index (χ3v) is 2.51. The average Bonchev–Trinajstić information content (AvgIpc) is 2.37. The van der Waals surface area contributed by atoms with Gasteiger partial charge >= 0.3 is 12.1 Å². The molecule has 0 fully saturated rings. The first kappa shape index (κ1) is 15.8. The quantitative estimate of drug-likeness (QED) is 0.799. The number of carbonyl (C=O) groups excluding carboxylic acids is 1. The zero-order valence-electron chi connectivity index (χ0n) is 10.9. The summed E-state index contributed by atoms with van der Waals surface area (Å²) in [4.78, 5) is 11.4. The Hall–Kier alpha value is -2.23. The fourth-order valence-electron chi connectivity index (χ4n) is 1.72. The van der Waals surface area contributed by atoms with E-state index in [1.807, 2.05) is 0 Å². The molecule has 1 rings (SSSR count). The fraction of sp³-hybridized carbons (Fsp3) is 0.385. The normalized spacial score (nSPS) is 10.8. The van der Waals surface area contributed by atoms with Crippen LogP contribution in [-0.2, 0) is 22.1 Å². The van der Waals surface area contributed by atoms with E-state index in [1.54, 1.807) is 6.92 Å². The maximum absolute atomic E-state index is 13.0. The number of alkyl halides is 3. The van der Waals surface area contributed by atoms with Gasteiger partial charge in [-0.15, -0.1) is 0 Å². The van der Waals surface area contributed by atoms with E-state index in [0.717, 1.165) is 13.2 Å². The van der Waals surface area contributed by atoms with Crippen LogP contribution >= 0.6 is 0 Å². The van der Waals surface area contributed by atoms with Gasteiger partial charge in [0.05, 0.1) is 25.7 Å². The number of nitriles is 1. The first-order valence-corrected chi connectivity index (χ1v) is 5.67. The van der Waals surface area contributed by atoms with E-state index in [0.29, 0.717) is 0 Å². The highest BCUT2D eigenvalue weighted by atomic mass is 19.4. The topological polar surface area (TPSA) is 59.3 Å². The zero-order chi connectivity index (χ0) is 15.3. The van der Waals surface area contributed by atoms with E-state index in [-0.39, 0.29) is 12.2 Å². The number of carbonyl (C=O) groups is 1. The Morgan fingerprint density at radius 2 is 2.05 bits per heavy atom. The van der Waals surface area contributed by atoms with E-state index in [2.05, 4.69) is 9.47 Å². The molecule has 0 spiro atoms. The number of rotatable bonds is 4. The summed E-state index contributed by atoms with van der Waals surface area (Å²) in [5, 5.41) is 8.97. The molecule has 0 bridgehead atoms. The minimum Gasteiger partial charge on any atom is -0.496 e. The molecular formula is C13H12F3NO3. The molecule has 0 saturated carbocycles. The van der Waals surface area contributed by atoms with Crippen molar-refractivity contribution in [2.24, 2.45) is 0 Å². The van der Waals surface area contributed by atoms with Crippen LogP contribution < -0.4 is 4.74 Å². The SMILES string of the molecule is CCOC(=O)Cc1ccc(OC)c(C(F)(F)F)c1C#N. The Morgan fingerprint density at radius 1 is 1.40 bits per heavy atom. The molecule has 0 atom stereocenters. The van der Waals surface area contributed by atoms with Crippen molar-refractivity contribution >= 4 is 5.97 Å². The second-order valence-corrected chi connectivity index (χ2v) is 3.77. The van der Waals surface area contributed by atoms with Gasteiger partial charge in [-0.2, -0.15) is 18.4 Å². The van der Waals surface area contributed by atoms with Crippen molar-refractivity contribution in [3.05, 3.63) is 28.8 Å². The molecule has 0 unspecified atom stereocenters. The van der Waals surface area contributed by atoms with Crippen LogP contribution in [0, 0.1) is 11.3 Å². The monoisotopic (exact) mass is 287 g/mol. The summed E-state index contributed by atoms with van der Waals surface area (Å²) in [5.41, 5.74) is -1.84. The van der Waals surface area contributed by atoms with E-state index in [1.165, 1.54) is 12.1 Å². The van der Waals surface area contributed by atoms with Crippen molar-refractivity contribution < 1.29 is 27.4 Å². The number of esters is 1. The van der Waals surface area contributed by atoms with Crippen LogP contribution in [0.25, 0.3) is 0 Å². The van der Waals surface area contributed by atoms with Gasteiger partial charge in [0.1, 0.15) is 17.4 Å². The van der Waals surface area contributed by atoms with Crippen molar-refractivity contribution in [2.45, 2.75) is 19.5 Å². The Kier molecular flexibility index (Phi) is 4.97. The minimum absolute atomic E-state index is 0.0425. The molecule has 7 heteroatoms. The number of nitrogens with zero attached hydrogens (tertiary/aromatic N) is 1. The molecule has 0 saturated heterocycles. The van der Waals surface area contributed by atoms with Gasteiger partial charge in [0.2, 0.25) is 0 Å². The van der Waals surface area contributed by atoms with Gasteiger partial charge in [0, 0.05) is 0 Å². The van der Waals surface area contributed by atoms with Gasteiger partial charge in [-0.05, 0) is 18.6 Å². The van der Waals surface area contributed by atoms with Gasteiger partial charge < -0.3 is 9.47 Å². The molecule has 0 aliphatic carbocycles. The lowest BCUT2D eigenvalue weighted by atomic mass is 9.98. The summed E-state index contributed by atoms with van der Waals surface area (Å²) in [7, 11) is 1.08. The number of halogens is 3. The van der Waals surface area contributed by atoms with E-state index in [9.17, 15) is 18.0 Å². The summed E-state index contributed by atoms with van der Waals surface area (Å²) in [5.74, 6) is -1.15. The predicted molar refractivity (Wildman–Crippen MR) is 63.0 cm³/mol. The predicted octanol–water partition coefficient (Wildman–Crippen LogP) is 2.69. The van der Waals surface area contributed by atoms with Gasteiger partial charge in [0.25, 0.3) is 0 Å². The van der Waals surface area contributed by atoms with E-state index < -0.39 is 35.4 Å². The fourth-order valence-corrected chi connectivity index (χ4v) is 1.72. The highest BCUT2D eigenvalue weighted by molar-refractivity contribution is 5.74. The molecule has 108 valence electrons. The van der Waals surface area contributed by atoms with Crippen LogP contribution in [0.1, 0.15) is 23.6 Å². The molecule has 4 nitrogen and oxygen atoms in total. The first-order chi connectivity index (χ1) is 9.35. The van der Waals surface area contributed by atoms with Crippen LogP contribution in [0.15, 0.2) is 12.1 Å². The van der Waals surface area contributed by atoms with Crippen molar-refractivity contribution in [2.75, 3.05) is 13.7 Å². The van der Waals surface area contributed by atoms with Crippen LogP contribution in [-0.4, -0.2) is 19.7 Å². The molecule has 0 aliphatic heterocycles. The van der Waals surface area contributed by atoms with Crippen molar-refractivity contribution in [1.29, 1.82) is 5.26 Å². The number of hydrogen-bond acceptors (Lipinski definition) is 4. The highest BCUT2D eigenvalue weighted by Crippen LogP contribution is 2.39. The summed E-state index contributed by atoms with van der Waals surface area (Å²) < 4.78 is 48.3. The number of methoxy groups -OCH3 is 1. The number of benzene rings is 1. The molecule has 0 heterocycles. The van der Waals surface area contributed by atoms with Crippen LogP contribution in [0.5, 0.6) is 5.75 Å². The Morgan fingerprint density at radius 3 is 2.50 bits per heavy atom. The van der Waals surface area contributed by atoms with Gasteiger partial charge in [-0.1, -0.05) is 6.07 Å². The number of ether oxygens (including phenoxy) is 2. The van der Waals surface area contributed by atoms with E-state index in [4.69, 9.17) is 5.26 Å². The molecular weight excluding hydrogens is 275 g/mol. The molecule has 0 amide bonds. The molecule has 0 N–H and O–H groups in total. The van der Waals surface area contributed by atoms with Crippen molar-refractivity contribution in [3.63, 3.8) is 0 Å². The molecule has 0 radical (unpaired) electrons. The zero-order valence-corrected chi connectivity index (χ0v) is 10.9. The van der Waals surface area contributed by atoms with Crippen LogP contribution in [0.2, 0.25) is 0 Å². The van der Waals surface area contributed by atoms with Gasteiger partial charge in [0.15, 0.2) is 0 Å². The summed E-state index contributed by atoms with van der Waals surface area (Å²) in [6, 6.07) is 3.82. The standard InChI is InChI=1S/C13H12F3NO3/c1-3-20-11(18)6-8-4-5-10(19-2)12(9(8)7-17)13(14,15)16/h4-5H,3,6H2,1-2H3. The lowest BCUT2D eigenvalue weighted by Crippen LogP contribution is -2.14. The maximum Gasteiger partial charge on any atom is 0.421 e. The van der Waals surface area contributed by atoms with Crippen LogP contribution in [0.3, 0.4) is 0 Å². The lowest BCUT2D eigenvalue weighted by molar-refractivity contribution is -0.143. The second kappa shape index (κ2) is 6.28. The average molecular weight is 287 g/mol. The molecule has 0 aliphatic rings. The lowest BCUT2D eigenvalue weighted by Gasteiger charge is -2.15. The highest BCUT2D eigenvalue weighted by Gasteiger charge is 2.38. The minimum atomic E-state index is -4.75. The summed E-state index contributed by atoms with van der Waals surface area (Å²) in [6.07, 6.45) is -5.15. The van der Waals surface area contributed by atoms with E-state index >= 15 is 0 Å². The smallest absolute Gasteiger partial charge is 0.421 e. The number of hydrogen-bond donors (Lipinski definition) is 0. The molecule has 20 heavy (non-hydrogen) atoms. The molecule has 0 aromatic heterocycles. The summed E-state index contributed by atoms with van der Waals surface area (Å²) in [6.45, 7) is 1.70. The first-order valence-electron chi connectivity index (χ1n) is 5.67. The van der Waals surface area contributed by atoms with Gasteiger partial charge in [-0.3, -0.25) is 4.79 Å². The van der Waals surface area contributed by atoms with Crippen molar-refractivity contribution in [1.82, 2.24) is 0 Å². The molecule has 1 aromatic rings. The second-order valence-electron chi connectivity index (χ2n) is 3.77. The Balaban J connectivity index is 3.36. The van der Waals surface area contributed by atoms with Crippen molar-refractivity contribution in [3.8, 4) is 11.8 Å². The molecule has 1 aromatic carbocycles. The maximum atomic E-state index is 13.0. The Labute approximate surface area is 113 Å². The summed E-state index contributed by atoms with van der Waals surface area (Å²) >= 11 is 0. The third-order valence-electron chi connectivity index (χ3n) is 2.51. The van der Waals surface area contributed by atoms with Gasteiger partial charge in [-0.25, -0.2) is 0 Å². The Bertz CT molecular complexity index is 547. The van der Waals surface area contributed by atoms with Crippen LogP contribution in [0.4, 0.5) is 13.2 Å².